The van der Waals surface area contributed by atoms with Gasteiger partial charge in [0.1, 0.15) is 17.4 Å². The fraction of sp³-hybridized carbons (Fsp3) is 0.0588. The zero-order valence-corrected chi connectivity index (χ0v) is 11.4. The molecule has 0 atom stereocenters. The Bertz CT molecular complexity index is 830. The highest BCUT2D eigenvalue weighted by atomic mass is 19.1. The van der Waals surface area contributed by atoms with E-state index in [-0.39, 0.29) is 11.6 Å². The SMILES string of the molecule is COc1cc(-c2cc(F)ccc2N)cc2ccc(F)cc12. The summed E-state index contributed by atoms with van der Waals surface area (Å²) in [4.78, 5) is 0. The van der Waals surface area contributed by atoms with Crippen LogP contribution >= 0.6 is 0 Å². The highest BCUT2D eigenvalue weighted by molar-refractivity contribution is 5.94. The van der Waals surface area contributed by atoms with E-state index >= 15 is 0 Å². The van der Waals surface area contributed by atoms with Gasteiger partial charge in [0.15, 0.2) is 0 Å². The Balaban J connectivity index is 2.29. The van der Waals surface area contributed by atoms with Crippen molar-refractivity contribution in [3.63, 3.8) is 0 Å². The van der Waals surface area contributed by atoms with E-state index in [4.69, 9.17) is 10.5 Å². The number of halogens is 2. The van der Waals surface area contributed by atoms with Crippen LogP contribution in [0.25, 0.3) is 21.9 Å². The Morgan fingerprint density at radius 1 is 0.905 bits per heavy atom. The first-order chi connectivity index (χ1) is 10.1. The molecule has 106 valence electrons. The molecule has 2 nitrogen and oxygen atoms in total. The van der Waals surface area contributed by atoms with Crippen LogP contribution in [0.3, 0.4) is 0 Å². The predicted molar refractivity (Wildman–Crippen MR) is 80.3 cm³/mol. The van der Waals surface area contributed by atoms with Gasteiger partial charge in [-0.1, -0.05) is 6.07 Å². The van der Waals surface area contributed by atoms with E-state index in [1.807, 2.05) is 6.07 Å². The molecule has 3 rings (SSSR count). The van der Waals surface area contributed by atoms with Crippen molar-refractivity contribution in [2.24, 2.45) is 0 Å². The second kappa shape index (κ2) is 5.05. The molecule has 0 radical (unpaired) electrons. The smallest absolute Gasteiger partial charge is 0.127 e. The first kappa shape index (κ1) is 13.4. The monoisotopic (exact) mass is 285 g/mol. The molecule has 0 spiro atoms. The van der Waals surface area contributed by atoms with Crippen LogP contribution in [0.4, 0.5) is 14.5 Å². The average molecular weight is 285 g/mol. The molecule has 3 aromatic carbocycles. The molecule has 0 heterocycles. The molecule has 21 heavy (non-hydrogen) atoms. The molecule has 0 amide bonds. The first-order valence-corrected chi connectivity index (χ1v) is 6.41. The summed E-state index contributed by atoms with van der Waals surface area (Å²) in [7, 11) is 1.51. The van der Waals surface area contributed by atoms with Crippen LogP contribution in [-0.4, -0.2) is 7.11 Å². The maximum Gasteiger partial charge on any atom is 0.127 e. The fourth-order valence-corrected chi connectivity index (χ4v) is 2.40. The summed E-state index contributed by atoms with van der Waals surface area (Å²) in [6.07, 6.45) is 0. The van der Waals surface area contributed by atoms with Gasteiger partial charge in [-0.25, -0.2) is 8.78 Å². The number of methoxy groups -OCH3 is 1. The lowest BCUT2D eigenvalue weighted by Gasteiger charge is -2.11. The zero-order valence-electron chi connectivity index (χ0n) is 11.4. The van der Waals surface area contributed by atoms with Crippen LogP contribution in [0.15, 0.2) is 48.5 Å². The predicted octanol–water partition coefficient (Wildman–Crippen LogP) is 4.38. The molecule has 0 saturated carbocycles. The van der Waals surface area contributed by atoms with Gasteiger partial charge in [-0.3, -0.25) is 0 Å². The maximum atomic E-state index is 13.4. The summed E-state index contributed by atoms with van der Waals surface area (Å²) in [5, 5.41) is 1.46. The number of benzene rings is 3. The highest BCUT2D eigenvalue weighted by Gasteiger charge is 2.10. The van der Waals surface area contributed by atoms with E-state index in [2.05, 4.69) is 0 Å². The van der Waals surface area contributed by atoms with Crippen LogP contribution in [0.5, 0.6) is 5.75 Å². The minimum Gasteiger partial charge on any atom is -0.496 e. The minimum atomic E-state index is -0.364. The van der Waals surface area contributed by atoms with E-state index in [1.54, 1.807) is 12.1 Å². The van der Waals surface area contributed by atoms with Crippen molar-refractivity contribution in [2.75, 3.05) is 12.8 Å². The normalized spacial score (nSPS) is 10.8. The second-order valence-corrected chi connectivity index (χ2v) is 4.78. The second-order valence-electron chi connectivity index (χ2n) is 4.78. The minimum absolute atomic E-state index is 0.334. The Kier molecular flexibility index (Phi) is 3.22. The van der Waals surface area contributed by atoms with Crippen molar-refractivity contribution >= 4 is 16.5 Å². The summed E-state index contributed by atoms with van der Waals surface area (Å²) in [5.74, 6) is -0.179. The van der Waals surface area contributed by atoms with Crippen molar-refractivity contribution in [3.8, 4) is 16.9 Å². The Morgan fingerprint density at radius 3 is 2.38 bits per heavy atom. The van der Waals surface area contributed by atoms with E-state index in [1.165, 1.54) is 37.4 Å². The third-order valence-electron chi connectivity index (χ3n) is 3.42. The molecule has 4 heteroatoms. The van der Waals surface area contributed by atoms with Gasteiger partial charge in [-0.15, -0.1) is 0 Å². The van der Waals surface area contributed by atoms with Gasteiger partial charge in [0.2, 0.25) is 0 Å². The summed E-state index contributed by atoms with van der Waals surface area (Å²) in [6, 6.07) is 12.2. The van der Waals surface area contributed by atoms with E-state index < -0.39 is 0 Å². The molecule has 0 unspecified atom stereocenters. The molecular weight excluding hydrogens is 272 g/mol. The van der Waals surface area contributed by atoms with Crippen molar-refractivity contribution in [1.29, 1.82) is 0 Å². The number of rotatable bonds is 2. The first-order valence-electron chi connectivity index (χ1n) is 6.41. The topological polar surface area (TPSA) is 35.2 Å². The molecule has 0 aliphatic rings. The van der Waals surface area contributed by atoms with Crippen LogP contribution < -0.4 is 10.5 Å². The quantitative estimate of drug-likeness (QED) is 0.709. The lowest BCUT2D eigenvalue weighted by Crippen LogP contribution is -1.93. The molecule has 0 bridgehead atoms. The standard InChI is InChI=1S/C17H13F2NO/c1-21-17-7-11(14-8-13(19)4-5-16(14)20)6-10-2-3-12(18)9-15(10)17/h2-9H,20H2,1H3. The number of hydrogen-bond donors (Lipinski definition) is 1. The molecule has 2 N–H and O–H groups in total. The van der Waals surface area contributed by atoms with Crippen molar-refractivity contribution in [2.45, 2.75) is 0 Å². The summed E-state index contributed by atoms with van der Waals surface area (Å²) in [5.41, 5.74) is 7.69. The molecule has 0 fully saturated rings. The number of fused-ring (bicyclic) bond motifs is 1. The van der Waals surface area contributed by atoms with E-state index in [0.717, 1.165) is 10.9 Å². The number of nitrogens with two attached hydrogens (primary N) is 1. The summed E-state index contributed by atoms with van der Waals surface area (Å²) >= 11 is 0. The molecule has 0 aromatic heterocycles. The molecule has 3 aromatic rings. The third kappa shape index (κ3) is 2.40. The number of anilines is 1. The number of nitrogen functional groups attached to an aromatic ring is 1. The fourth-order valence-electron chi connectivity index (χ4n) is 2.40. The maximum absolute atomic E-state index is 13.4. The molecular formula is C17H13F2NO. The van der Waals surface area contributed by atoms with Gasteiger partial charge in [0.25, 0.3) is 0 Å². The summed E-state index contributed by atoms with van der Waals surface area (Å²) < 4.78 is 32.1. The van der Waals surface area contributed by atoms with Gasteiger partial charge in [0.05, 0.1) is 7.11 Å². The van der Waals surface area contributed by atoms with Gasteiger partial charge in [0, 0.05) is 16.6 Å². The molecule has 0 aliphatic carbocycles. The summed E-state index contributed by atoms with van der Waals surface area (Å²) in [6.45, 7) is 0. The van der Waals surface area contributed by atoms with Gasteiger partial charge >= 0.3 is 0 Å². The lowest BCUT2D eigenvalue weighted by atomic mass is 9.99. The van der Waals surface area contributed by atoms with Gasteiger partial charge in [-0.2, -0.15) is 0 Å². The van der Waals surface area contributed by atoms with Crippen LogP contribution in [-0.2, 0) is 0 Å². The molecule has 0 aliphatic heterocycles. The van der Waals surface area contributed by atoms with Gasteiger partial charge in [-0.05, 0) is 53.4 Å². The van der Waals surface area contributed by atoms with Crippen LogP contribution in [0.2, 0.25) is 0 Å². The Labute approximate surface area is 120 Å². The zero-order chi connectivity index (χ0) is 15.0. The average Bonchev–Trinajstić information content (AvgIpc) is 2.48. The van der Waals surface area contributed by atoms with E-state index in [0.29, 0.717) is 22.4 Å². The Hall–Kier alpha value is -2.62. The van der Waals surface area contributed by atoms with Crippen molar-refractivity contribution in [1.82, 2.24) is 0 Å². The van der Waals surface area contributed by atoms with Gasteiger partial charge < -0.3 is 10.5 Å². The van der Waals surface area contributed by atoms with Crippen molar-refractivity contribution in [3.05, 3.63) is 60.2 Å². The highest BCUT2D eigenvalue weighted by Crippen LogP contribution is 2.35. The number of ether oxygens (including phenoxy) is 1. The van der Waals surface area contributed by atoms with E-state index in [9.17, 15) is 8.78 Å². The lowest BCUT2D eigenvalue weighted by molar-refractivity contribution is 0.420. The van der Waals surface area contributed by atoms with Crippen LogP contribution in [0.1, 0.15) is 0 Å². The molecule has 0 saturated heterocycles. The Morgan fingerprint density at radius 2 is 1.62 bits per heavy atom. The largest absolute Gasteiger partial charge is 0.496 e. The van der Waals surface area contributed by atoms with Crippen LogP contribution in [0, 0.1) is 11.6 Å². The number of hydrogen-bond acceptors (Lipinski definition) is 2. The third-order valence-corrected chi connectivity index (χ3v) is 3.42. The van der Waals surface area contributed by atoms with Crippen molar-refractivity contribution < 1.29 is 13.5 Å².